The maximum Gasteiger partial charge on any atom is 0.239 e. The van der Waals surface area contributed by atoms with E-state index in [1.165, 1.54) is 12.1 Å². The Labute approximate surface area is 120 Å². The number of halogens is 1. The lowest BCUT2D eigenvalue weighted by atomic mass is 10.2. The molecule has 0 heterocycles. The van der Waals surface area contributed by atoms with Gasteiger partial charge in [0.25, 0.3) is 0 Å². The SMILES string of the molecule is CC(C)CNC(=O)CN(CCCN)c1cccc(F)c1. The Hall–Kier alpha value is -1.62. The van der Waals surface area contributed by atoms with E-state index in [-0.39, 0.29) is 18.3 Å². The fourth-order valence-electron chi connectivity index (χ4n) is 1.80. The Balaban J connectivity index is 2.66. The van der Waals surface area contributed by atoms with Crippen LogP contribution in [0.2, 0.25) is 0 Å². The van der Waals surface area contributed by atoms with Crippen LogP contribution in [0.1, 0.15) is 20.3 Å². The van der Waals surface area contributed by atoms with E-state index in [0.29, 0.717) is 31.2 Å². The van der Waals surface area contributed by atoms with Crippen molar-refractivity contribution >= 4 is 11.6 Å². The van der Waals surface area contributed by atoms with E-state index in [0.717, 1.165) is 6.42 Å². The molecule has 0 bridgehead atoms. The molecule has 5 heteroatoms. The van der Waals surface area contributed by atoms with Gasteiger partial charge in [-0.25, -0.2) is 4.39 Å². The van der Waals surface area contributed by atoms with Crippen molar-refractivity contribution in [3.05, 3.63) is 30.1 Å². The lowest BCUT2D eigenvalue weighted by molar-refractivity contribution is -0.119. The summed E-state index contributed by atoms with van der Waals surface area (Å²) in [6.45, 7) is 6.12. The summed E-state index contributed by atoms with van der Waals surface area (Å²) in [5.41, 5.74) is 6.22. The summed E-state index contributed by atoms with van der Waals surface area (Å²) in [4.78, 5) is 13.8. The smallest absolute Gasteiger partial charge is 0.239 e. The van der Waals surface area contributed by atoms with Gasteiger partial charge < -0.3 is 16.0 Å². The monoisotopic (exact) mass is 281 g/mol. The van der Waals surface area contributed by atoms with Crippen LogP contribution in [-0.2, 0) is 4.79 Å². The molecule has 0 spiro atoms. The van der Waals surface area contributed by atoms with E-state index in [1.807, 2.05) is 18.7 Å². The fourth-order valence-corrected chi connectivity index (χ4v) is 1.80. The topological polar surface area (TPSA) is 58.4 Å². The van der Waals surface area contributed by atoms with Crippen LogP contribution in [0.3, 0.4) is 0 Å². The normalized spacial score (nSPS) is 10.7. The second-order valence-electron chi connectivity index (χ2n) is 5.24. The zero-order valence-electron chi connectivity index (χ0n) is 12.2. The summed E-state index contributed by atoms with van der Waals surface area (Å²) in [7, 11) is 0. The third-order valence-corrected chi connectivity index (χ3v) is 2.85. The van der Waals surface area contributed by atoms with Crippen molar-refractivity contribution in [2.24, 2.45) is 11.7 Å². The maximum absolute atomic E-state index is 13.3. The second kappa shape index (κ2) is 8.53. The minimum atomic E-state index is -0.303. The first-order chi connectivity index (χ1) is 9.52. The molecule has 0 saturated carbocycles. The van der Waals surface area contributed by atoms with Gasteiger partial charge in [0.1, 0.15) is 5.82 Å². The minimum absolute atomic E-state index is 0.0556. The summed E-state index contributed by atoms with van der Waals surface area (Å²) in [5.74, 6) is 0.0495. The molecular weight excluding hydrogens is 257 g/mol. The van der Waals surface area contributed by atoms with Gasteiger partial charge in [0.2, 0.25) is 5.91 Å². The molecule has 0 aliphatic rings. The summed E-state index contributed by atoms with van der Waals surface area (Å²) in [5, 5.41) is 2.87. The third-order valence-electron chi connectivity index (χ3n) is 2.85. The number of hydrogen-bond acceptors (Lipinski definition) is 3. The second-order valence-corrected chi connectivity index (χ2v) is 5.24. The Morgan fingerprint density at radius 1 is 1.45 bits per heavy atom. The molecule has 1 aromatic rings. The van der Waals surface area contributed by atoms with Crippen LogP contribution in [0.15, 0.2) is 24.3 Å². The minimum Gasteiger partial charge on any atom is -0.362 e. The lowest BCUT2D eigenvalue weighted by Crippen LogP contribution is -2.39. The molecule has 20 heavy (non-hydrogen) atoms. The van der Waals surface area contributed by atoms with Gasteiger partial charge >= 0.3 is 0 Å². The summed E-state index contributed by atoms with van der Waals surface area (Å²) in [6.07, 6.45) is 0.758. The molecule has 3 N–H and O–H groups in total. The van der Waals surface area contributed by atoms with Crippen LogP contribution >= 0.6 is 0 Å². The predicted molar refractivity (Wildman–Crippen MR) is 80.1 cm³/mol. The molecule has 0 unspecified atom stereocenters. The van der Waals surface area contributed by atoms with Gasteiger partial charge in [-0.05, 0) is 37.1 Å². The number of hydrogen-bond donors (Lipinski definition) is 2. The molecular formula is C15H24FN3O. The van der Waals surface area contributed by atoms with Crippen molar-refractivity contribution < 1.29 is 9.18 Å². The average Bonchev–Trinajstić information content (AvgIpc) is 2.41. The van der Waals surface area contributed by atoms with Crippen molar-refractivity contribution in [2.75, 3.05) is 31.1 Å². The van der Waals surface area contributed by atoms with Crippen molar-refractivity contribution in [1.82, 2.24) is 5.32 Å². The van der Waals surface area contributed by atoms with Gasteiger partial charge in [0.15, 0.2) is 0 Å². The van der Waals surface area contributed by atoms with Crippen molar-refractivity contribution in [3.8, 4) is 0 Å². The number of nitrogens with one attached hydrogen (secondary N) is 1. The quantitative estimate of drug-likeness (QED) is 0.763. The van der Waals surface area contributed by atoms with E-state index in [2.05, 4.69) is 5.32 Å². The third kappa shape index (κ3) is 6.02. The zero-order valence-corrected chi connectivity index (χ0v) is 12.2. The Morgan fingerprint density at radius 2 is 2.20 bits per heavy atom. The van der Waals surface area contributed by atoms with Crippen molar-refractivity contribution in [3.63, 3.8) is 0 Å². The van der Waals surface area contributed by atoms with Crippen LogP contribution in [0, 0.1) is 11.7 Å². The first-order valence-corrected chi connectivity index (χ1v) is 7.00. The Kier molecular flexibility index (Phi) is 7.01. The fraction of sp³-hybridized carbons (Fsp3) is 0.533. The van der Waals surface area contributed by atoms with E-state index >= 15 is 0 Å². The Morgan fingerprint density at radius 3 is 2.80 bits per heavy atom. The molecule has 1 rings (SSSR count). The van der Waals surface area contributed by atoms with Crippen LogP contribution in [0.25, 0.3) is 0 Å². The molecule has 0 aromatic heterocycles. The first-order valence-electron chi connectivity index (χ1n) is 7.00. The highest BCUT2D eigenvalue weighted by Gasteiger charge is 2.12. The van der Waals surface area contributed by atoms with E-state index < -0.39 is 0 Å². The highest BCUT2D eigenvalue weighted by atomic mass is 19.1. The highest BCUT2D eigenvalue weighted by Crippen LogP contribution is 2.15. The number of rotatable bonds is 8. The molecule has 0 radical (unpaired) electrons. The molecule has 1 amide bonds. The van der Waals surface area contributed by atoms with Gasteiger partial charge in [-0.2, -0.15) is 0 Å². The molecule has 0 aliphatic carbocycles. The molecule has 4 nitrogen and oxygen atoms in total. The number of nitrogens with two attached hydrogens (primary N) is 1. The molecule has 112 valence electrons. The number of amides is 1. The summed E-state index contributed by atoms with van der Waals surface area (Å²) in [6, 6.07) is 6.27. The van der Waals surface area contributed by atoms with Gasteiger partial charge in [0.05, 0.1) is 6.54 Å². The predicted octanol–water partition coefficient (Wildman–Crippen LogP) is 1.75. The average molecular weight is 281 g/mol. The lowest BCUT2D eigenvalue weighted by Gasteiger charge is -2.24. The maximum atomic E-state index is 13.3. The van der Waals surface area contributed by atoms with Crippen LogP contribution < -0.4 is 16.0 Å². The van der Waals surface area contributed by atoms with Crippen molar-refractivity contribution in [1.29, 1.82) is 0 Å². The first kappa shape index (κ1) is 16.4. The van der Waals surface area contributed by atoms with Crippen LogP contribution in [-0.4, -0.2) is 32.1 Å². The molecule has 1 aromatic carbocycles. The molecule has 0 saturated heterocycles. The molecule has 0 aliphatic heterocycles. The van der Waals surface area contributed by atoms with Gasteiger partial charge in [-0.1, -0.05) is 19.9 Å². The van der Waals surface area contributed by atoms with Crippen LogP contribution in [0.5, 0.6) is 0 Å². The van der Waals surface area contributed by atoms with Crippen molar-refractivity contribution in [2.45, 2.75) is 20.3 Å². The van der Waals surface area contributed by atoms with Gasteiger partial charge in [-0.15, -0.1) is 0 Å². The summed E-state index contributed by atoms with van der Waals surface area (Å²) >= 11 is 0. The summed E-state index contributed by atoms with van der Waals surface area (Å²) < 4.78 is 13.3. The molecule has 0 atom stereocenters. The molecule has 0 fully saturated rings. The van der Waals surface area contributed by atoms with Gasteiger partial charge in [0, 0.05) is 18.8 Å². The number of nitrogens with zero attached hydrogens (tertiary/aromatic N) is 1. The van der Waals surface area contributed by atoms with Gasteiger partial charge in [-0.3, -0.25) is 4.79 Å². The van der Waals surface area contributed by atoms with E-state index in [4.69, 9.17) is 5.73 Å². The number of benzene rings is 1. The van der Waals surface area contributed by atoms with E-state index in [1.54, 1.807) is 12.1 Å². The van der Waals surface area contributed by atoms with Crippen LogP contribution in [0.4, 0.5) is 10.1 Å². The highest BCUT2D eigenvalue weighted by molar-refractivity contribution is 5.81. The number of anilines is 1. The number of carbonyl (C=O) groups excluding carboxylic acids is 1. The zero-order chi connectivity index (χ0) is 15.0. The largest absolute Gasteiger partial charge is 0.362 e. The Bertz CT molecular complexity index is 423. The number of carbonyl (C=O) groups is 1. The standard InChI is InChI=1S/C15H24FN3O/c1-12(2)10-18-15(20)11-19(8-4-7-17)14-6-3-5-13(16)9-14/h3,5-6,9,12H,4,7-8,10-11,17H2,1-2H3,(H,18,20). The van der Waals surface area contributed by atoms with E-state index in [9.17, 15) is 9.18 Å².